The van der Waals surface area contributed by atoms with Crippen LogP contribution in [0.15, 0.2) is 53.4 Å². The SMILES string of the molecule is NC(=O)CSc1ccccc1NC(=O)C[NH+](Cc1ccc(F)cc1)C1CC1. The van der Waals surface area contributed by atoms with Gasteiger partial charge in [-0.25, -0.2) is 4.39 Å². The average Bonchev–Trinajstić information content (AvgIpc) is 3.47. The third-order valence-corrected chi connectivity index (χ3v) is 5.51. The number of anilines is 1. The summed E-state index contributed by atoms with van der Waals surface area (Å²) in [6, 6.07) is 14.3. The van der Waals surface area contributed by atoms with Crippen molar-refractivity contribution in [3.8, 4) is 0 Å². The molecule has 4 N–H and O–H groups in total. The molecule has 27 heavy (non-hydrogen) atoms. The molecule has 2 aromatic carbocycles. The second-order valence-corrected chi connectivity index (χ2v) is 7.73. The van der Waals surface area contributed by atoms with Gasteiger partial charge in [0.15, 0.2) is 6.54 Å². The zero-order valence-corrected chi connectivity index (χ0v) is 15.7. The Kier molecular flexibility index (Phi) is 6.47. The molecule has 2 aromatic rings. The minimum absolute atomic E-state index is 0.0777. The molecule has 0 aliphatic heterocycles. The van der Waals surface area contributed by atoms with E-state index in [0.717, 1.165) is 23.3 Å². The van der Waals surface area contributed by atoms with E-state index in [9.17, 15) is 14.0 Å². The van der Waals surface area contributed by atoms with Crippen LogP contribution in [-0.4, -0.2) is 30.2 Å². The first-order chi connectivity index (χ1) is 13.0. The third-order valence-electron chi connectivity index (χ3n) is 4.42. The molecule has 0 radical (unpaired) electrons. The van der Waals surface area contributed by atoms with E-state index in [0.29, 0.717) is 24.8 Å². The average molecular weight is 388 g/mol. The highest BCUT2D eigenvalue weighted by Crippen LogP contribution is 2.26. The van der Waals surface area contributed by atoms with Gasteiger partial charge < -0.3 is 16.0 Å². The van der Waals surface area contributed by atoms with Gasteiger partial charge in [-0.3, -0.25) is 9.59 Å². The van der Waals surface area contributed by atoms with E-state index < -0.39 is 5.91 Å². The number of thioether (sulfide) groups is 1. The van der Waals surface area contributed by atoms with Gasteiger partial charge in [0.2, 0.25) is 5.91 Å². The van der Waals surface area contributed by atoms with E-state index in [1.54, 1.807) is 12.1 Å². The van der Waals surface area contributed by atoms with Gasteiger partial charge in [0.25, 0.3) is 5.91 Å². The van der Waals surface area contributed by atoms with Crippen molar-refractivity contribution in [2.45, 2.75) is 30.3 Å². The summed E-state index contributed by atoms with van der Waals surface area (Å²) in [7, 11) is 0. The molecule has 3 rings (SSSR count). The van der Waals surface area contributed by atoms with Crippen molar-refractivity contribution >= 4 is 29.3 Å². The van der Waals surface area contributed by atoms with E-state index in [1.165, 1.54) is 28.8 Å². The molecule has 0 heterocycles. The lowest BCUT2D eigenvalue weighted by molar-refractivity contribution is -0.916. The Morgan fingerprint density at radius 3 is 2.52 bits per heavy atom. The Balaban J connectivity index is 1.61. The van der Waals surface area contributed by atoms with Crippen LogP contribution >= 0.6 is 11.8 Å². The maximum Gasteiger partial charge on any atom is 0.279 e. The fraction of sp³-hybridized carbons (Fsp3) is 0.300. The van der Waals surface area contributed by atoms with Crippen LogP contribution in [0.5, 0.6) is 0 Å². The fourth-order valence-electron chi connectivity index (χ4n) is 2.95. The van der Waals surface area contributed by atoms with Crippen molar-refractivity contribution in [3.63, 3.8) is 0 Å². The van der Waals surface area contributed by atoms with Crippen molar-refractivity contribution in [1.29, 1.82) is 0 Å². The lowest BCUT2D eigenvalue weighted by Gasteiger charge is -2.19. The summed E-state index contributed by atoms with van der Waals surface area (Å²) >= 11 is 1.31. The lowest BCUT2D eigenvalue weighted by atomic mass is 10.2. The van der Waals surface area contributed by atoms with Crippen LogP contribution in [0.2, 0.25) is 0 Å². The maximum absolute atomic E-state index is 13.1. The summed E-state index contributed by atoms with van der Waals surface area (Å²) in [5.74, 6) is -0.567. The Labute approximate surface area is 162 Å². The van der Waals surface area contributed by atoms with Crippen molar-refractivity contribution in [3.05, 3.63) is 59.9 Å². The highest BCUT2D eigenvalue weighted by atomic mass is 32.2. The van der Waals surface area contributed by atoms with Gasteiger partial charge >= 0.3 is 0 Å². The molecule has 0 spiro atoms. The van der Waals surface area contributed by atoms with Crippen molar-refractivity contribution < 1.29 is 18.9 Å². The van der Waals surface area contributed by atoms with Crippen LogP contribution in [0, 0.1) is 5.82 Å². The molecule has 1 unspecified atom stereocenters. The molecular weight excluding hydrogens is 365 g/mol. The van der Waals surface area contributed by atoms with Crippen LogP contribution in [0.3, 0.4) is 0 Å². The molecule has 5 nitrogen and oxygen atoms in total. The third kappa shape index (κ3) is 6.08. The van der Waals surface area contributed by atoms with E-state index in [1.807, 2.05) is 24.3 Å². The number of hydrogen-bond donors (Lipinski definition) is 3. The number of para-hydroxylation sites is 1. The first kappa shape index (κ1) is 19.4. The van der Waals surface area contributed by atoms with E-state index in [4.69, 9.17) is 5.73 Å². The molecule has 2 amide bonds. The zero-order valence-electron chi connectivity index (χ0n) is 14.9. The molecule has 0 aromatic heterocycles. The molecule has 1 saturated carbocycles. The normalized spacial score (nSPS) is 14.6. The maximum atomic E-state index is 13.1. The first-order valence-corrected chi connectivity index (χ1v) is 9.89. The summed E-state index contributed by atoms with van der Waals surface area (Å²) in [6.45, 7) is 1.04. The lowest BCUT2D eigenvalue weighted by Crippen LogP contribution is -3.13. The number of carbonyl (C=O) groups is 2. The smallest absolute Gasteiger partial charge is 0.279 e. The second kappa shape index (κ2) is 9.01. The van der Waals surface area contributed by atoms with Crippen LogP contribution < -0.4 is 16.0 Å². The fourth-order valence-corrected chi connectivity index (χ4v) is 3.70. The number of halogens is 1. The van der Waals surface area contributed by atoms with Crippen LogP contribution in [0.1, 0.15) is 18.4 Å². The summed E-state index contributed by atoms with van der Waals surface area (Å²) in [6.07, 6.45) is 2.21. The predicted octanol–water partition coefficient (Wildman–Crippen LogP) is 1.59. The second-order valence-electron chi connectivity index (χ2n) is 6.71. The van der Waals surface area contributed by atoms with Crippen LogP contribution in [-0.2, 0) is 16.1 Å². The molecule has 1 aliphatic rings. The number of quaternary nitrogens is 1. The largest absolute Gasteiger partial charge is 0.369 e. The summed E-state index contributed by atoms with van der Waals surface area (Å²) in [4.78, 5) is 25.6. The standard InChI is InChI=1S/C20H22FN3O2S/c21-15-7-5-14(6-8-15)11-24(16-9-10-16)12-20(26)23-17-3-1-2-4-18(17)27-13-19(22)25/h1-8,16H,9-13H2,(H2,22,25)(H,23,26)/p+1. The number of hydrogen-bond acceptors (Lipinski definition) is 3. The quantitative estimate of drug-likeness (QED) is 0.571. The van der Waals surface area contributed by atoms with E-state index in [-0.39, 0.29) is 17.5 Å². The van der Waals surface area contributed by atoms with Gasteiger partial charge in [-0.1, -0.05) is 24.3 Å². The highest BCUT2D eigenvalue weighted by Gasteiger charge is 2.34. The number of primary amides is 1. The monoisotopic (exact) mass is 388 g/mol. The first-order valence-electron chi connectivity index (χ1n) is 8.90. The molecule has 0 saturated heterocycles. The Bertz CT molecular complexity index is 809. The number of benzene rings is 2. The predicted molar refractivity (Wildman–Crippen MR) is 104 cm³/mol. The van der Waals surface area contributed by atoms with Gasteiger partial charge in [0.05, 0.1) is 17.5 Å². The molecule has 0 bridgehead atoms. The minimum atomic E-state index is -0.398. The van der Waals surface area contributed by atoms with Gasteiger partial charge in [-0.05, 0) is 24.3 Å². The number of nitrogens with two attached hydrogens (primary N) is 1. The van der Waals surface area contributed by atoms with Gasteiger partial charge in [0.1, 0.15) is 12.4 Å². The number of rotatable bonds is 9. The summed E-state index contributed by atoms with van der Waals surface area (Å²) in [5.41, 5.74) is 6.91. The van der Waals surface area contributed by atoms with Crippen LogP contribution in [0.4, 0.5) is 10.1 Å². The molecule has 7 heteroatoms. The zero-order chi connectivity index (χ0) is 19.2. The molecule has 1 fully saturated rings. The molecule has 142 valence electrons. The minimum Gasteiger partial charge on any atom is -0.369 e. The Hall–Kier alpha value is -2.38. The highest BCUT2D eigenvalue weighted by molar-refractivity contribution is 8.00. The number of carbonyl (C=O) groups excluding carboxylic acids is 2. The topological polar surface area (TPSA) is 76.6 Å². The van der Waals surface area contributed by atoms with Gasteiger partial charge in [-0.15, -0.1) is 11.8 Å². The van der Waals surface area contributed by atoms with Crippen molar-refractivity contribution in [2.24, 2.45) is 5.73 Å². The molecular formula is C20H23FN3O2S+. The Morgan fingerprint density at radius 1 is 1.15 bits per heavy atom. The van der Waals surface area contributed by atoms with Gasteiger partial charge in [-0.2, -0.15) is 0 Å². The van der Waals surface area contributed by atoms with E-state index in [2.05, 4.69) is 5.32 Å². The number of amides is 2. The number of nitrogens with one attached hydrogen (secondary N) is 2. The van der Waals surface area contributed by atoms with Crippen molar-refractivity contribution in [1.82, 2.24) is 0 Å². The summed E-state index contributed by atoms with van der Waals surface area (Å²) in [5, 5.41) is 2.95. The molecule has 1 atom stereocenters. The van der Waals surface area contributed by atoms with E-state index >= 15 is 0 Å². The Morgan fingerprint density at radius 2 is 1.85 bits per heavy atom. The summed E-state index contributed by atoms with van der Waals surface area (Å²) < 4.78 is 13.1. The molecule has 1 aliphatic carbocycles. The van der Waals surface area contributed by atoms with Gasteiger partial charge in [0, 0.05) is 23.3 Å². The van der Waals surface area contributed by atoms with Crippen LogP contribution in [0.25, 0.3) is 0 Å². The van der Waals surface area contributed by atoms with Crippen molar-refractivity contribution in [2.75, 3.05) is 17.6 Å².